The van der Waals surface area contributed by atoms with Gasteiger partial charge < -0.3 is 15.5 Å². The molecule has 2 aromatic heterocycles. The van der Waals surface area contributed by atoms with E-state index in [2.05, 4.69) is 25.9 Å². The van der Waals surface area contributed by atoms with Crippen LogP contribution in [0.2, 0.25) is 0 Å². The van der Waals surface area contributed by atoms with Crippen LogP contribution in [0.15, 0.2) is 36.8 Å². The van der Waals surface area contributed by atoms with Crippen molar-refractivity contribution in [1.82, 2.24) is 20.6 Å². The van der Waals surface area contributed by atoms with Crippen molar-refractivity contribution in [2.45, 2.75) is 31.7 Å². The van der Waals surface area contributed by atoms with Crippen molar-refractivity contribution in [2.24, 2.45) is 0 Å². The molecule has 1 aliphatic carbocycles. The fourth-order valence-corrected chi connectivity index (χ4v) is 3.15. The molecule has 0 atom stereocenters. The highest BCUT2D eigenvalue weighted by atomic mass is 16.2. The maximum atomic E-state index is 12.1. The molecule has 0 radical (unpaired) electrons. The van der Waals surface area contributed by atoms with Gasteiger partial charge in [-0.15, -0.1) is 0 Å². The summed E-state index contributed by atoms with van der Waals surface area (Å²) in [4.78, 5) is 23.1. The van der Waals surface area contributed by atoms with Crippen LogP contribution in [0.1, 0.15) is 25.7 Å². The number of hydrogen-bond donors (Lipinski definition) is 3. The number of anilines is 2. The van der Waals surface area contributed by atoms with Crippen LogP contribution in [0.5, 0.6) is 0 Å². The van der Waals surface area contributed by atoms with Crippen LogP contribution in [-0.4, -0.2) is 28.7 Å². The lowest BCUT2D eigenvalue weighted by Gasteiger charge is -2.15. The summed E-state index contributed by atoms with van der Waals surface area (Å²) in [6, 6.07) is 5.72. The van der Waals surface area contributed by atoms with Gasteiger partial charge in [0, 0.05) is 18.4 Å². The van der Waals surface area contributed by atoms with Gasteiger partial charge in [0.2, 0.25) is 0 Å². The Balaban J connectivity index is 1.50. The molecule has 0 spiro atoms. The lowest BCUT2D eigenvalue weighted by atomic mass is 10.2. The average Bonchev–Trinajstić information content (AvgIpc) is 3.27. The van der Waals surface area contributed by atoms with E-state index < -0.39 is 0 Å². The van der Waals surface area contributed by atoms with E-state index in [0.29, 0.717) is 5.82 Å². The molecule has 124 valence electrons. The second-order valence-electron chi connectivity index (χ2n) is 6.16. The van der Waals surface area contributed by atoms with Crippen LogP contribution in [-0.2, 0) is 0 Å². The molecule has 2 aromatic rings. The van der Waals surface area contributed by atoms with E-state index in [4.69, 9.17) is 0 Å². The van der Waals surface area contributed by atoms with Gasteiger partial charge in [0.25, 0.3) is 0 Å². The molecule has 0 unspecified atom stereocenters. The summed E-state index contributed by atoms with van der Waals surface area (Å²) in [5.74, 6) is 0.534. The molecular weight excluding hydrogens is 304 g/mol. The van der Waals surface area contributed by atoms with E-state index in [9.17, 15) is 4.79 Å². The van der Waals surface area contributed by atoms with E-state index in [1.54, 1.807) is 6.07 Å². The highest BCUT2D eigenvalue weighted by Gasteiger charge is 2.17. The Morgan fingerprint density at radius 2 is 2.12 bits per heavy atom. The number of carbonyl (C=O) groups is 1. The molecule has 3 N–H and O–H groups in total. The summed E-state index contributed by atoms with van der Waals surface area (Å²) in [6.45, 7) is 0.717. The first kappa shape index (κ1) is 14.7. The topological polar surface area (TPSA) is 82.2 Å². The zero-order valence-electron chi connectivity index (χ0n) is 13.3. The maximum Gasteiger partial charge on any atom is 0.320 e. The minimum absolute atomic E-state index is 0.190. The fraction of sp³-hybridized carbons (Fsp3) is 0.353. The first-order chi connectivity index (χ1) is 11.8. The molecule has 2 aliphatic rings. The number of urea groups is 1. The molecule has 3 heterocycles. The quantitative estimate of drug-likeness (QED) is 0.808. The van der Waals surface area contributed by atoms with Gasteiger partial charge in [0.05, 0.1) is 29.6 Å². The molecule has 0 aromatic carbocycles. The van der Waals surface area contributed by atoms with Gasteiger partial charge in [-0.3, -0.25) is 10.3 Å². The molecule has 0 bridgehead atoms. The smallest absolute Gasteiger partial charge is 0.320 e. The summed E-state index contributed by atoms with van der Waals surface area (Å²) >= 11 is 0. The number of aromatic nitrogens is 2. The minimum Gasteiger partial charge on any atom is -0.372 e. The second kappa shape index (κ2) is 6.35. The van der Waals surface area contributed by atoms with Crippen LogP contribution < -0.4 is 20.9 Å². The predicted octanol–water partition coefficient (Wildman–Crippen LogP) is 2.53. The van der Waals surface area contributed by atoms with Gasteiger partial charge in [0.15, 0.2) is 0 Å². The Morgan fingerprint density at radius 1 is 1.25 bits per heavy atom. The standard InChI is InChI=1S/C17H20N6O/c24-17(20-12-3-1-2-4-12)22-16-6-5-14-15(21-16)9-13(10-19-14)23-8-7-18-11-23/h5-10,12,18H,1-4,11H2,(H2,20,21,22,24). The Bertz CT molecular complexity index is 784. The molecule has 2 amide bonds. The molecule has 1 saturated carbocycles. The van der Waals surface area contributed by atoms with Crippen molar-refractivity contribution in [2.75, 3.05) is 16.9 Å². The van der Waals surface area contributed by atoms with Crippen LogP contribution >= 0.6 is 0 Å². The lowest BCUT2D eigenvalue weighted by Crippen LogP contribution is -2.36. The zero-order chi connectivity index (χ0) is 16.4. The van der Waals surface area contributed by atoms with E-state index in [-0.39, 0.29) is 12.1 Å². The highest BCUT2D eigenvalue weighted by molar-refractivity contribution is 5.90. The van der Waals surface area contributed by atoms with Gasteiger partial charge in [-0.2, -0.15) is 0 Å². The number of nitrogens with one attached hydrogen (secondary N) is 3. The fourth-order valence-electron chi connectivity index (χ4n) is 3.15. The van der Waals surface area contributed by atoms with Crippen molar-refractivity contribution in [3.63, 3.8) is 0 Å². The van der Waals surface area contributed by atoms with Crippen LogP contribution in [0.25, 0.3) is 11.0 Å². The normalized spacial score (nSPS) is 17.2. The maximum absolute atomic E-state index is 12.1. The molecular formula is C17H20N6O. The summed E-state index contributed by atoms with van der Waals surface area (Å²) in [6.07, 6.45) is 10.2. The van der Waals surface area contributed by atoms with Crippen molar-refractivity contribution in [3.05, 3.63) is 36.8 Å². The monoisotopic (exact) mass is 324 g/mol. The molecule has 1 fully saturated rings. The van der Waals surface area contributed by atoms with Crippen molar-refractivity contribution >= 4 is 28.6 Å². The summed E-state index contributed by atoms with van der Waals surface area (Å²) in [5, 5.41) is 8.94. The Morgan fingerprint density at radius 3 is 2.92 bits per heavy atom. The number of rotatable bonds is 3. The Kier molecular flexibility index (Phi) is 3.90. The molecule has 4 rings (SSSR count). The third-order valence-electron chi connectivity index (χ3n) is 4.42. The van der Waals surface area contributed by atoms with Gasteiger partial charge in [-0.05, 0) is 31.0 Å². The molecule has 7 heteroatoms. The van der Waals surface area contributed by atoms with Gasteiger partial charge in [0.1, 0.15) is 5.82 Å². The van der Waals surface area contributed by atoms with E-state index in [0.717, 1.165) is 36.2 Å². The largest absolute Gasteiger partial charge is 0.372 e. The molecule has 1 aliphatic heterocycles. The van der Waals surface area contributed by atoms with Gasteiger partial charge in [-0.1, -0.05) is 12.8 Å². The summed E-state index contributed by atoms with van der Waals surface area (Å²) in [5.41, 5.74) is 2.52. The third kappa shape index (κ3) is 3.10. The Labute approximate surface area is 140 Å². The minimum atomic E-state index is -0.190. The molecule has 7 nitrogen and oxygen atoms in total. The SMILES string of the molecule is O=C(Nc1ccc2ncc(N3C=CNC3)cc2n1)NC1CCCC1. The van der Waals surface area contributed by atoms with Gasteiger partial charge in [-0.25, -0.2) is 9.78 Å². The number of nitrogens with zero attached hydrogens (tertiary/aromatic N) is 3. The summed E-state index contributed by atoms with van der Waals surface area (Å²) in [7, 11) is 0. The van der Waals surface area contributed by atoms with E-state index >= 15 is 0 Å². The molecule has 0 saturated heterocycles. The number of fused-ring (bicyclic) bond motifs is 1. The van der Waals surface area contributed by atoms with Crippen LogP contribution in [0, 0.1) is 0 Å². The van der Waals surface area contributed by atoms with Crippen molar-refractivity contribution in [1.29, 1.82) is 0 Å². The number of pyridine rings is 2. The highest BCUT2D eigenvalue weighted by Crippen LogP contribution is 2.21. The number of carbonyl (C=O) groups excluding carboxylic acids is 1. The van der Waals surface area contributed by atoms with Gasteiger partial charge >= 0.3 is 6.03 Å². The first-order valence-corrected chi connectivity index (χ1v) is 8.29. The van der Waals surface area contributed by atoms with E-state index in [1.165, 1.54) is 12.8 Å². The van der Waals surface area contributed by atoms with Crippen LogP contribution in [0.4, 0.5) is 16.3 Å². The van der Waals surface area contributed by atoms with Crippen molar-refractivity contribution < 1.29 is 4.79 Å². The average molecular weight is 324 g/mol. The number of hydrogen-bond acceptors (Lipinski definition) is 5. The second-order valence-corrected chi connectivity index (χ2v) is 6.16. The number of amides is 2. The molecule has 24 heavy (non-hydrogen) atoms. The first-order valence-electron chi connectivity index (χ1n) is 8.29. The third-order valence-corrected chi connectivity index (χ3v) is 4.42. The predicted molar refractivity (Wildman–Crippen MR) is 93.6 cm³/mol. The lowest BCUT2D eigenvalue weighted by molar-refractivity contribution is 0.248. The van der Waals surface area contributed by atoms with E-state index in [1.807, 2.05) is 35.6 Å². The Hall–Kier alpha value is -2.83. The summed E-state index contributed by atoms with van der Waals surface area (Å²) < 4.78 is 0. The zero-order valence-corrected chi connectivity index (χ0v) is 13.3. The van der Waals surface area contributed by atoms with Crippen LogP contribution in [0.3, 0.4) is 0 Å². The van der Waals surface area contributed by atoms with Crippen molar-refractivity contribution in [3.8, 4) is 0 Å².